The van der Waals surface area contributed by atoms with Crippen molar-refractivity contribution in [3.05, 3.63) is 54.6 Å². The van der Waals surface area contributed by atoms with Crippen molar-refractivity contribution in [2.24, 2.45) is 0 Å². The van der Waals surface area contributed by atoms with Gasteiger partial charge >= 0.3 is 0 Å². The number of rotatable bonds is 5. The first-order valence-corrected chi connectivity index (χ1v) is 7.09. The minimum absolute atomic E-state index is 0.112. The minimum Gasteiger partial charge on any atom is -0.419 e. The number of amides is 1. The standard InChI is InChI=1S/C16H16N4O2/c1-2-15-18-19-16(22-15)13-9-6-10-20(13)11-14(21)17-12-7-4-3-5-8-12/h3-10H,2,11H2,1H3,(H,17,21). The van der Waals surface area contributed by atoms with Gasteiger partial charge in [-0.25, -0.2) is 0 Å². The number of para-hydroxylation sites is 1. The SMILES string of the molecule is CCc1nnc(-c2cccn2CC(=O)Nc2ccccc2)o1. The van der Waals surface area contributed by atoms with Crippen molar-refractivity contribution in [2.45, 2.75) is 19.9 Å². The van der Waals surface area contributed by atoms with E-state index in [0.717, 1.165) is 11.4 Å². The van der Waals surface area contributed by atoms with Crippen molar-refractivity contribution in [1.82, 2.24) is 14.8 Å². The Labute approximate surface area is 127 Å². The van der Waals surface area contributed by atoms with Gasteiger partial charge in [0.1, 0.15) is 12.2 Å². The average Bonchev–Trinajstić information content (AvgIpc) is 3.16. The zero-order valence-corrected chi connectivity index (χ0v) is 12.2. The largest absolute Gasteiger partial charge is 0.419 e. The van der Waals surface area contributed by atoms with Gasteiger partial charge < -0.3 is 14.3 Å². The fraction of sp³-hybridized carbons (Fsp3) is 0.188. The van der Waals surface area contributed by atoms with Crippen molar-refractivity contribution in [1.29, 1.82) is 0 Å². The number of aromatic nitrogens is 3. The molecular formula is C16H16N4O2. The van der Waals surface area contributed by atoms with Gasteiger partial charge in [0.25, 0.3) is 5.89 Å². The van der Waals surface area contributed by atoms with Gasteiger partial charge in [0.15, 0.2) is 0 Å². The number of hydrogen-bond donors (Lipinski definition) is 1. The summed E-state index contributed by atoms with van der Waals surface area (Å²) in [5, 5.41) is 10.8. The summed E-state index contributed by atoms with van der Waals surface area (Å²) in [6, 6.07) is 13.0. The van der Waals surface area contributed by atoms with Crippen LogP contribution >= 0.6 is 0 Å². The quantitative estimate of drug-likeness (QED) is 0.785. The molecule has 1 N–H and O–H groups in total. The molecule has 0 bridgehead atoms. The van der Waals surface area contributed by atoms with Crippen molar-refractivity contribution in [2.75, 3.05) is 5.32 Å². The summed E-state index contributed by atoms with van der Waals surface area (Å²) in [7, 11) is 0. The summed E-state index contributed by atoms with van der Waals surface area (Å²) >= 11 is 0. The minimum atomic E-state index is -0.112. The number of nitrogens with zero attached hydrogens (tertiary/aromatic N) is 3. The van der Waals surface area contributed by atoms with Crippen LogP contribution in [0, 0.1) is 0 Å². The lowest BCUT2D eigenvalue weighted by Gasteiger charge is -2.08. The zero-order valence-electron chi connectivity index (χ0n) is 12.2. The lowest BCUT2D eigenvalue weighted by atomic mass is 10.3. The third-order valence-electron chi connectivity index (χ3n) is 3.19. The fourth-order valence-corrected chi connectivity index (χ4v) is 2.12. The van der Waals surface area contributed by atoms with E-state index in [1.165, 1.54) is 0 Å². The first-order valence-electron chi connectivity index (χ1n) is 7.09. The van der Waals surface area contributed by atoms with Crippen LogP contribution in [0.15, 0.2) is 53.1 Å². The lowest BCUT2D eigenvalue weighted by molar-refractivity contribution is -0.116. The maximum absolute atomic E-state index is 12.1. The summed E-state index contributed by atoms with van der Waals surface area (Å²) < 4.78 is 7.33. The zero-order chi connectivity index (χ0) is 15.4. The molecule has 0 unspecified atom stereocenters. The van der Waals surface area contributed by atoms with Crippen molar-refractivity contribution in [3.63, 3.8) is 0 Å². The van der Waals surface area contributed by atoms with Crippen LogP contribution in [0.3, 0.4) is 0 Å². The molecule has 1 aromatic carbocycles. The number of aryl methyl sites for hydroxylation is 1. The lowest BCUT2D eigenvalue weighted by Crippen LogP contribution is -2.18. The first kappa shape index (κ1) is 14.1. The molecule has 2 aromatic heterocycles. The van der Waals surface area contributed by atoms with Crippen LogP contribution in [-0.2, 0) is 17.8 Å². The van der Waals surface area contributed by atoms with Crippen LogP contribution in [0.5, 0.6) is 0 Å². The second-order valence-electron chi connectivity index (χ2n) is 4.79. The Bertz CT molecular complexity index is 761. The van der Waals surface area contributed by atoms with E-state index in [0.29, 0.717) is 18.2 Å². The van der Waals surface area contributed by atoms with Crippen molar-refractivity contribution < 1.29 is 9.21 Å². The second-order valence-corrected chi connectivity index (χ2v) is 4.79. The molecule has 0 radical (unpaired) electrons. The highest BCUT2D eigenvalue weighted by Gasteiger charge is 2.13. The van der Waals surface area contributed by atoms with Gasteiger partial charge in [0.05, 0.1) is 0 Å². The highest BCUT2D eigenvalue weighted by Crippen LogP contribution is 2.19. The van der Waals surface area contributed by atoms with Gasteiger partial charge in [-0.2, -0.15) is 0 Å². The molecule has 6 heteroatoms. The summed E-state index contributed by atoms with van der Waals surface area (Å²) in [6.07, 6.45) is 2.50. The molecule has 1 amide bonds. The Morgan fingerprint density at radius 1 is 1.18 bits per heavy atom. The molecule has 3 aromatic rings. The molecule has 0 saturated carbocycles. The summed E-state index contributed by atoms with van der Waals surface area (Å²) in [6.45, 7) is 2.13. The Morgan fingerprint density at radius 2 is 2.00 bits per heavy atom. The molecule has 2 heterocycles. The van der Waals surface area contributed by atoms with Gasteiger partial charge in [0.2, 0.25) is 11.8 Å². The summed E-state index contributed by atoms with van der Waals surface area (Å²) in [5.41, 5.74) is 1.50. The van der Waals surface area contributed by atoms with Gasteiger partial charge in [0, 0.05) is 18.3 Å². The Morgan fingerprint density at radius 3 is 2.73 bits per heavy atom. The van der Waals surface area contributed by atoms with E-state index >= 15 is 0 Å². The van der Waals surface area contributed by atoms with Gasteiger partial charge in [-0.1, -0.05) is 25.1 Å². The van der Waals surface area contributed by atoms with E-state index in [1.54, 1.807) is 4.57 Å². The second kappa shape index (κ2) is 6.26. The molecule has 0 saturated heterocycles. The smallest absolute Gasteiger partial charge is 0.264 e. The molecule has 0 spiro atoms. The van der Waals surface area contributed by atoms with E-state index in [9.17, 15) is 4.79 Å². The van der Waals surface area contributed by atoms with E-state index in [2.05, 4.69) is 15.5 Å². The predicted octanol–water partition coefficient (Wildman–Crippen LogP) is 2.74. The van der Waals surface area contributed by atoms with Crippen LogP contribution < -0.4 is 5.32 Å². The maximum Gasteiger partial charge on any atom is 0.264 e. The third kappa shape index (κ3) is 3.06. The number of benzene rings is 1. The molecule has 0 aliphatic carbocycles. The van der Waals surface area contributed by atoms with E-state index < -0.39 is 0 Å². The molecular weight excluding hydrogens is 280 g/mol. The third-order valence-corrected chi connectivity index (χ3v) is 3.19. The highest BCUT2D eigenvalue weighted by molar-refractivity contribution is 5.90. The van der Waals surface area contributed by atoms with Crippen LogP contribution in [0.4, 0.5) is 5.69 Å². The van der Waals surface area contributed by atoms with Gasteiger partial charge in [-0.15, -0.1) is 10.2 Å². The topological polar surface area (TPSA) is 73.0 Å². The molecule has 3 rings (SSSR count). The normalized spacial score (nSPS) is 10.6. The van der Waals surface area contributed by atoms with Crippen LogP contribution in [0.25, 0.3) is 11.6 Å². The first-order chi connectivity index (χ1) is 10.8. The average molecular weight is 296 g/mol. The molecule has 112 valence electrons. The van der Waals surface area contributed by atoms with E-state index in [-0.39, 0.29) is 12.5 Å². The monoisotopic (exact) mass is 296 g/mol. The van der Waals surface area contributed by atoms with E-state index in [4.69, 9.17) is 4.42 Å². The molecule has 0 atom stereocenters. The summed E-state index contributed by atoms with van der Waals surface area (Å²) in [4.78, 5) is 12.1. The predicted molar refractivity (Wildman–Crippen MR) is 82.2 cm³/mol. The Kier molecular flexibility index (Phi) is 4.00. The molecule has 0 fully saturated rings. The van der Waals surface area contributed by atoms with E-state index in [1.807, 2.05) is 55.6 Å². The number of nitrogens with one attached hydrogen (secondary N) is 1. The van der Waals surface area contributed by atoms with Crippen molar-refractivity contribution >= 4 is 11.6 Å². The fourth-order valence-electron chi connectivity index (χ4n) is 2.12. The Balaban J connectivity index is 1.73. The number of anilines is 1. The highest BCUT2D eigenvalue weighted by atomic mass is 16.4. The van der Waals surface area contributed by atoms with Crippen LogP contribution in [0.1, 0.15) is 12.8 Å². The molecule has 22 heavy (non-hydrogen) atoms. The number of carbonyl (C=O) groups excluding carboxylic acids is 1. The number of carbonyl (C=O) groups is 1. The van der Waals surface area contributed by atoms with Crippen LogP contribution in [0.2, 0.25) is 0 Å². The molecule has 6 nitrogen and oxygen atoms in total. The molecule has 0 aliphatic heterocycles. The summed E-state index contributed by atoms with van der Waals surface area (Å²) in [5.74, 6) is 0.893. The van der Waals surface area contributed by atoms with Crippen molar-refractivity contribution in [3.8, 4) is 11.6 Å². The maximum atomic E-state index is 12.1. The number of hydrogen-bond acceptors (Lipinski definition) is 4. The Hall–Kier alpha value is -2.89. The van der Waals surface area contributed by atoms with Gasteiger partial charge in [-0.3, -0.25) is 4.79 Å². The molecule has 0 aliphatic rings. The van der Waals surface area contributed by atoms with Gasteiger partial charge in [-0.05, 0) is 24.3 Å². The van der Waals surface area contributed by atoms with Crippen LogP contribution in [-0.4, -0.2) is 20.7 Å².